The minimum Gasteiger partial charge on any atom is -0.460 e. The van der Waals surface area contributed by atoms with Crippen LogP contribution in [0.5, 0.6) is 0 Å². The summed E-state index contributed by atoms with van der Waals surface area (Å²) in [5.74, 6) is -0.161. The van der Waals surface area contributed by atoms with Gasteiger partial charge in [-0.15, -0.1) is 0 Å². The Kier molecular flexibility index (Phi) is 9.97. The third kappa shape index (κ3) is 8.52. The monoisotopic (exact) mass is 558 g/mol. The fourth-order valence-corrected chi connectivity index (χ4v) is 5.36. The lowest BCUT2D eigenvalue weighted by atomic mass is 9.88. The number of rotatable bonds is 11. The van der Waals surface area contributed by atoms with Gasteiger partial charge in [-0.3, -0.25) is 19.4 Å². The molecule has 2 amide bonds. The predicted molar refractivity (Wildman–Crippen MR) is 162 cm³/mol. The van der Waals surface area contributed by atoms with Crippen molar-refractivity contribution in [3.63, 3.8) is 0 Å². The van der Waals surface area contributed by atoms with Gasteiger partial charge in [-0.2, -0.15) is 0 Å². The Labute approximate surface area is 242 Å². The third-order valence-electron chi connectivity index (χ3n) is 7.46. The molecule has 0 atom stereocenters. The smallest absolute Gasteiger partial charge is 0.306 e. The van der Waals surface area contributed by atoms with E-state index >= 15 is 0 Å². The minimum absolute atomic E-state index is 0.156. The topological polar surface area (TPSA) is 115 Å². The van der Waals surface area contributed by atoms with Crippen LogP contribution in [-0.2, 0) is 14.3 Å². The Hall–Kier alpha value is -3.94. The van der Waals surface area contributed by atoms with Crippen molar-refractivity contribution in [2.45, 2.75) is 83.7 Å². The van der Waals surface area contributed by atoms with Gasteiger partial charge in [-0.05, 0) is 82.2 Å². The number of para-hydroxylation sites is 1. The summed E-state index contributed by atoms with van der Waals surface area (Å²) in [6, 6.07) is 15.9. The maximum absolute atomic E-state index is 12.8. The number of likely N-dealkylation sites (tertiary alicyclic amines) is 1. The van der Waals surface area contributed by atoms with Crippen LogP contribution in [0.1, 0.15) is 94.0 Å². The second kappa shape index (κ2) is 13.6. The van der Waals surface area contributed by atoms with E-state index in [0.29, 0.717) is 30.0 Å². The number of aromatic nitrogens is 1. The number of anilines is 2. The molecule has 218 valence electrons. The van der Waals surface area contributed by atoms with Crippen molar-refractivity contribution in [1.29, 1.82) is 0 Å². The van der Waals surface area contributed by atoms with E-state index in [1.54, 1.807) is 0 Å². The Balaban J connectivity index is 1.31. The molecule has 3 N–H and O–H groups in total. The highest BCUT2D eigenvalue weighted by molar-refractivity contribution is 6.07. The number of esters is 1. The Morgan fingerprint density at radius 1 is 0.976 bits per heavy atom. The van der Waals surface area contributed by atoms with Crippen LogP contribution in [0.3, 0.4) is 0 Å². The predicted octanol–water partition coefficient (Wildman–Crippen LogP) is 6.47. The number of carbonyl (C=O) groups excluding carboxylic acids is 3. The van der Waals surface area contributed by atoms with Crippen molar-refractivity contribution in [1.82, 2.24) is 9.88 Å². The molecule has 4 rings (SSSR count). The number of amides is 2. The summed E-state index contributed by atoms with van der Waals surface area (Å²) in [7, 11) is 0. The highest BCUT2D eigenvalue weighted by Gasteiger charge is 2.24. The van der Waals surface area contributed by atoms with Gasteiger partial charge in [0.05, 0.1) is 16.8 Å². The van der Waals surface area contributed by atoms with Crippen molar-refractivity contribution >= 4 is 40.1 Å². The summed E-state index contributed by atoms with van der Waals surface area (Å²) >= 11 is 0. The Morgan fingerprint density at radius 3 is 2.32 bits per heavy atom. The van der Waals surface area contributed by atoms with Gasteiger partial charge < -0.3 is 20.7 Å². The lowest BCUT2D eigenvalue weighted by molar-refractivity contribution is -0.155. The molecule has 8 heteroatoms. The molecule has 0 unspecified atom stereocenters. The van der Waals surface area contributed by atoms with E-state index in [2.05, 4.69) is 22.4 Å². The van der Waals surface area contributed by atoms with Crippen LogP contribution < -0.4 is 11.1 Å². The van der Waals surface area contributed by atoms with Crippen LogP contribution in [0.2, 0.25) is 0 Å². The van der Waals surface area contributed by atoms with E-state index in [-0.39, 0.29) is 11.9 Å². The molecule has 0 aliphatic carbocycles. The van der Waals surface area contributed by atoms with Crippen molar-refractivity contribution in [3.8, 4) is 0 Å². The fraction of sp³-hybridized carbons (Fsp3) is 0.455. The molecule has 1 aliphatic heterocycles. The van der Waals surface area contributed by atoms with E-state index in [1.807, 2.05) is 62.1 Å². The van der Waals surface area contributed by atoms with Crippen molar-refractivity contribution < 1.29 is 19.1 Å². The largest absolute Gasteiger partial charge is 0.460 e. The molecule has 3 aromatic rings. The Morgan fingerprint density at radius 2 is 1.66 bits per heavy atom. The molecule has 1 aromatic heterocycles. The van der Waals surface area contributed by atoms with Gasteiger partial charge in [0.2, 0.25) is 5.91 Å². The van der Waals surface area contributed by atoms with Crippen molar-refractivity contribution in [2.75, 3.05) is 18.4 Å². The zero-order chi connectivity index (χ0) is 29.4. The average molecular weight is 559 g/mol. The fourth-order valence-electron chi connectivity index (χ4n) is 5.36. The maximum atomic E-state index is 12.8. The first-order chi connectivity index (χ1) is 19.6. The molecule has 1 fully saturated rings. The van der Waals surface area contributed by atoms with Crippen LogP contribution >= 0.6 is 0 Å². The number of pyridine rings is 1. The quantitative estimate of drug-likeness (QED) is 0.206. The first kappa shape index (κ1) is 30.0. The molecule has 1 aliphatic rings. The van der Waals surface area contributed by atoms with Gasteiger partial charge in [0.25, 0.3) is 5.91 Å². The molecule has 2 aromatic carbocycles. The molecular formula is C33H42N4O4. The van der Waals surface area contributed by atoms with Gasteiger partial charge in [0.1, 0.15) is 5.60 Å². The number of hydrogen-bond acceptors (Lipinski definition) is 6. The van der Waals surface area contributed by atoms with Crippen LogP contribution in [0.25, 0.3) is 10.9 Å². The van der Waals surface area contributed by atoms with Gasteiger partial charge >= 0.3 is 5.97 Å². The molecule has 1 saturated heterocycles. The van der Waals surface area contributed by atoms with E-state index < -0.39 is 11.5 Å². The summed E-state index contributed by atoms with van der Waals surface area (Å²) < 4.78 is 5.34. The van der Waals surface area contributed by atoms with Gasteiger partial charge in [-0.1, -0.05) is 37.1 Å². The van der Waals surface area contributed by atoms with Gasteiger partial charge in [0, 0.05) is 43.2 Å². The number of fused-ring (bicyclic) bond motifs is 1. The molecule has 0 saturated carbocycles. The zero-order valence-corrected chi connectivity index (χ0v) is 24.4. The summed E-state index contributed by atoms with van der Waals surface area (Å²) in [6.45, 7) is 7.09. The molecule has 2 heterocycles. The van der Waals surface area contributed by atoms with Crippen LogP contribution in [0, 0.1) is 0 Å². The average Bonchev–Trinajstić information content (AvgIpc) is 2.94. The SMILES string of the molecule is CC(C)(C)OC(=O)CCCCCCC(=O)N1CCC(c2ccc3ncc(C(N)=O)c(Nc4ccccc4)c3c2)CC1. The lowest BCUT2D eigenvalue weighted by Gasteiger charge is -2.32. The van der Waals surface area contributed by atoms with E-state index in [9.17, 15) is 14.4 Å². The number of carbonyl (C=O) groups is 3. The number of unbranched alkanes of at least 4 members (excludes halogenated alkanes) is 3. The van der Waals surface area contributed by atoms with Crippen LogP contribution in [0.4, 0.5) is 11.4 Å². The summed E-state index contributed by atoms with van der Waals surface area (Å²) in [4.78, 5) is 43.3. The minimum atomic E-state index is -0.530. The normalized spacial score (nSPS) is 14.2. The number of nitrogens with one attached hydrogen (secondary N) is 1. The Bertz CT molecular complexity index is 1360. The number of hydrogen-bond donors (Lipinski definition) is 2. The zero-order valence-electron chi connectivity index (χ0n) is 24.4. The molecule has 41 heavy (non-hydrogen) atoms. The number of benzene rings is 2. The molecular weight excluding hydrogens is 516 g/mol. The highest BCUT2D eigenvalue weighted by atomic mass is 16.6. The van der Waals surface area contributed by atoms with Crippen LogP contribution in [-0.4, -0.2) is 46.4 Å². The standard InChI is InChI=1S/C33H42N4O4/c1-33(2,3)41-30(39)14-10-5-4-9-13-29(38)37-19-17-23(18-20-37)24-15-16-28-26(21-24)31(27(22-35-28)32(34)40)36-25-11-7-6-8-12-25/h6-8,11-12,15-16,21-23H,4-5,9-10,13-14,17-20H2,1-3H3,(H2,34,40)(H,35,36). The second-order valence-corrected chi connectivity index (χ2v) is 11.8. The number of ether oxygens (including phenoxy) is 1. The number of primary amides is 1. The second-order valence-electron chi connectivity index (χ2n) is 11.8. The molecule has 8 nitrogen and oxygen atoms in total. The van der Waals surface area contributed by atoms with Gasteiger partial charge in [-0.25, -0.2) is 0 Å². The molecule has 0 spiro atoms. The summed E-state index contributed by atoms with van der Waals surface area (Å²) in [5.41, 5.74) is 9.09. The third-order valence-corrected chi connectivity index (χ3v) is 7.46. The van der Waals surface area contributed by atoms with E-state index in [4.69, 9.17) is 10.5 Å². The van der Waals surface area contributed by atoms with E-state index in [0.717, 1.165) is 68.2 Å². The van der Waals surface area contributed by atoms with Crippen LogP contribution in [0.15, 0.2) is 54.7 Å². The molecule has 0 bridgehead atoms. The number of nitrogens with two attached hydrogens (primary N) is 1. The highest BCUT2D eigenvalue weighted by Crippen LogP contribution is 2.34. The van der Waals surface area contributed by atoms with Crippen molar-refractivity contribution in [2.24, 2.45) is 5.73 Å². The maximum Gasteiger partial charge on any atom is 0.306 e. The van der Waals surface area contributed by atoms with E-state index in [1.165, 1.54) is 11.8 Å². The number of piperidine rings is 1. The molecule has 0 radical (unpaired) electrons. The number of nitrogens with zero attached hydrogens (tertiary/aromatic N) is 2. The summed E-state index contributed by atoms with van der Waals surface area (Å²) in [5, 5.41) is 4.23. The van der Waals surface area contributed by atoms with Gasteiger partial charge in [0.15, 0.2) is 0 Å². The first-order valence-corrected chi connectivity index (χ1v) is 14.6. The summed E-state index contributed by atoms with van der Waals surface area (Å²) in [6.07, 6.45) is 7.76. The lowest BCUT2D eigenvalue weighted by Crippen LogP contribution is -2.37. The first-order valence-electron chi connectivity index (χ1n) is 14.6. The van der Waals surface area contributed by atoms with Crippen molar-refractivity contribution in [3.05, 3.63) is 65.9 Å².